The molecular formula is C12H14Cl2N2O4S. The predicted octanol–water partition coefficient (Wildman–Crippen LogP) is 1.55. The number of amides is 1. The van der Waals surface area contributed by atoms with Crippen LogP contribution in [0.3, 0.4) is 0 Å². The number of ether oxygens (including phenoxy) is 1. The maximum Gasteiger partial charge on any atom is 0.254 e. The number of nitrogens with one attached hydrogen (secondary N) is 1. The number of nitrogens with two attached hydrogens (primary N) is 1. The van der Waals surface area contributed by atoms with Gasteiger partial charge in [0.05, 0.1) is 27.8 Å². The highest BCUT2D eigenvalue weighted by Gasteiger charge is 2.29. The van der Waals surface area contributed by atoms with Gasteiger partial charge in [0, 0.05) is 6.61 Å². The molecule has 1 aromatic rings. The molecule has 0 aliphatic carbocycles. The number of primary sulfonamides is 1. The summed E-state index contributed by atoms with van der Waals surface area (Å²) in [5.41, 5.74) is -0.107. The largest absolute Gasteiger partial charge is 0.376 e. The number of hydrogen-bond acceptors (Lipinski definition) is 4. The zero-order valence-corrected chi connectivity index (χ0v) is 13.4. The summed E-state index contributed by atoms with van der Waals surface area (Å²) in [7, 11) is -4.04. The molecule has 0 aromatic heterocycles. The smallest absolute Gasteiger partial charge is 0.254 e. The van der Waals surface area contributed by atoms with E-state index in [1.54, 1.807) is 0 Å². The number of rotatable bonds is 3. The van der Waals surface area contributed by atoms with Crippen LogP contribution in [0.2, 0.25) is 10.0 Å². The fraction of sp³-hybridized carbons (Fsp3) is 0.417. The molecule has 0 bridgehead atoms. The molecule has 116 valence electrons. The Labute approximate surface area is 132 Å². The highest BCUT2D eigenvalue weighted by atomic mass is 35.5. The van der Waals surface area contributed by atoms with Gasteiger partial charge in [0.1, 0.15) is 4.90 Å². The Morgan fingerprint density at radius 1 is 1.43 bits per heavy atom. The van der Waals surface area contributed by atoms with Crippen LogP contribution in [0.15, 0.2) is 17.0 Å². The summed E-state index contributed by atoms with van der Waals surface area (Å²) in [5.74, 6) is -0.558. The Balaban J connectivity index is 2.36. The summed E-state index contributed by atoms with van der Waals surface area (Å²) < 4.78 is 28.2. The van der Waals surface area contributed by atoms with E-state index < -0.39 is 15.9 Å². The first-order valence-electron chi connectivity index (χ1n) is 6.15. The molecule has 1 aliphatic heterocycles. The lowest BCUT2D eigenvalue weighted by atomic mass is 10.1. The van der Waals surface area contributed by atoms with Crippen LogP contribution in [0.1, 0.15) is 23.7 Å². The van der Waals surface area contributed by atoms with Gasteiger partial charge in [0.2, 0.25) is 10.0 Å². The van der Waals surface area contributed by atoms with E-state index >= 15 is 0 Å². The molecule has 0 saturated carbocycles. The van der Waals surface area contributed by atoms with Gasteiger partial charge in [-0.05, 0) is 25.5 Å². The van der Waals surface area contributed by atoms with Gasteiger partial charge in [-0.15, -0.1) is 0 Å². The summed E-state index contributed by atoms with van der Waals surface area (Å²) in [5, 5.41) is 7.56. The normalized spacial score (nSPS) is 22.3. The molecule has 21 heavy (non-hydrogen) atoms. The molecule has 1 aliphatic rings. The third kappa shape index (κ3) is 3.49. The summed E-state index contributed by atoms with van der Waals surface area (Å²) in [6.07, 6.45) is 0.532. The molecule has 2 atom stereocenters. The summed E-state index contributed by atoms with van der Waals surface area (Å²) in [6, 6.07) is 2.26. The fourth-order valence-corrected chi connectivity index (χ4v) is 3.60. The van der Waals surface area contributed by atoms with Crippen molar-refractivity contribution in [3.05, 3.63) is 27.7 Å². The van der Waals surface area contributed by atoms with Gasteiger partial charge in [-0.25, -0.2) is 13.6 Å². The molecule has 2 unspecified atom stereocenters. The Morgan fingerprint density at radius 2 is 2.10 bits per heavy atom. The van der Waals surface area contributed by atoms with Gasteiger partial charge >= 0.3 is 0 Å². The maximum absolute atomic E-state index is 12.3. The van der Waals surface area contributed by atoms with Crippen LogP contribution in [-0.4, -0.2) is 33.1 Å². The average molecular weight is 353 g/mol. The minimum Gasteiger partial charge on any atom is -0.376 e. The Morgan fingerprint density at radius 3 is 2.62 bits per heavy atom. The number of halogens is 2. The second kappa shape index (κ2) is 6.10. The quantitative estimate of drug-likeness (QED) is 0.861. The molecule has 2 rings (SSSR count). The van der Waals surface area contributed by atoms with Crippen molar-refractivity contribution in [2.24, 2.45) is 5.14 Å². The molecule has 1 fully saturated rings. The van der Waals surface area contributed by atoms with E-state index in [0.717, 1.165) is 6.07 Å². The summed E-state index contributed by atoms with van der Waals surface area (Å²) >= 11 is 11.9. The lowest BCUT2D eigenvalue weighted by Crippen LogP contribution is -2.39. The highest BCUT2D eigenvalue weighted by molar-refractivity contribution is 7.89. The van der Waals surface area contributed by atoms with Gasteiger partial charge in [0.15, 0.2) is 0 Å². The van der Waals surface area contributed by atoms with Gasteiger partial charge in [0.25, 0.3) is 5.91 Å². The molecule has 9 heteroatoms. The van der Waals surface area contributed by atoms with Gasteiger partial charge < -0.3 is 10.1 Å². The Bertz CT molecular complexity index is 678. The first-order valence-corrected chi connectivity index (χ1v) is 8.45. The first kappa shape index (κ1) is 16.5. The van der Waals surface area contributed by atoms with Crippen molar-refractivity contribution in [2.45, 2.75) is 30.4 Å². The molecular weight excluding hydrogens is 339 g/mol. The third-order valence-electron chi connectivity index (χ3n) is 3.28. The lowest BCUT2D eigenvalue weighted by Gasteiger charge is -2.17. The van der Waals surface area contributed by atoms with Crippen molar-refractivity contribution in [3.63, 3.8) is 0 Å². The number of carbonyl (C=O) groups is 1. The second-order valence-electron chi connectivity index (χ2n) is 4.72. The summed E-state index contributed by atoms with van der Waals surface area (Å²) in [4.78, 5) is 12.0. The average Bonchev–Trinajstić information content (AvgIpc) is 2.73. The molecule has 3 N–H and O–H groups in total. The van der Waals surface area contributed by atoms with E-state index in [4.69, 9.17) is 33.1 Å². The van der Waals surface area contributed by atoms with E-state index in [9.17, 15) is 13.2 Å². The van der Waals surface area contributed by atoms with Gasteiger partial charge in [-0.2, -0.15) is 0 Å². The van der Waals surface area contributed by atoms with Crippen molar-refractivity contribution in [2.75, 3.05) is 6.61 Å². The minimum absolute atomic E-state index is 0.0523. The number of benzene rings is 1. The standard InChI is InChI=1S/C12H14Cl2N2O4S/c1-6-8(4-5-20-6)16-12(17)10-7(13)2-3-9(11(10)14)21(15,18)19/h2-3,6,8H,4-5H2,1H3,(H,16,17)(H2,15,18,19). The van der Waals surface area contributed by atoms with E-state index in [2.05, 4.69) is 5.32 Å². The molecule has 1 heterocycles. The van der Waals surface area contributed by atoms with E-state index in [1.165, 1.54) is 6.07 Å². The Hall–Kier alpha value is -0.860. The van der Waals surface area contributed by atoms with Crippen LogP contribution in [0.4, 0.5) is 0 Å². The highest BCUT2D eigenvalue weighted by Crippen LogP contribution is 2.30. The second-order valence-corrected chi connectivity index (χ2v) is 7.04. The van der Waals surface area contributed by atoms with E-state index in [-0.39, 0.29) is 32.7 Å². The third-order valence-corrected chi connectivity index (χ3v) is 5.05. The van der Waals surface area contributed by atoms with Crippen molar-refractivity contribution in [1.29, 1.82) is 0 Å². The molecule has 6 nitrogen and oxygen atoms in total. The molecule has 0 spiro atoms. The molecule has 0 radical (unpaired) electrons. The van der Waals surface area contributed by atoms with Crippen LogP contribution < -0.4 is 10.5 Å². The van der Waals surface area contributed by atoms with E-state index in [0.29, 0.717) is 13.0 Å². The monoisotopic (exact) mass is 352 g/mol. The number of carbonyl (C=O) groups excluding carboxylic acids is 1. The topological polar surface area (TPSA) is 98.5 Å². The van der Waals surface area contributed by atoms with Gasteiger partial charge in [-0.3, -0.25) is 4.79 Å². The first-order chi connectivity index (χ1) is 9.71. The van der Waals surface area contributed by atoms with Crippen molar-refractivity contribution >= 4 is 39.1 Å². The SMILES string of the molecule is CC1OCCC1NC(=O)c1c(Cl)ccc(S(N)(=O)=O)c1Cl. The van der Waals surface area contributed by atoms with Crippen LogP contribution >= 0.6 is 23.2 Å². The van der Waals surface area contributed by atoms with Crippen LogP contribution in [0.25, 0.3) is 0 Å². The van der Waals surface area contributed by atoms with Crippen LogP contribution in [0.5, 0.6) is 0 Å². The Kier molecular flexibility index (Phi) is 4.79. The van der Waals surface area contributed by atoms with Crippen molar-refractivity contribution < 1.29 is 17.9 Å². The fourth-order valence-electron chi connectivity index (χ4n) is 2.12. The minimum atomic E-state index is -4.04. The van der Waals surface area contributed by atoms with Gasteiger partial charge in [-0.1, -0.05) is 23.2 Å². The molecule has 1 amide bonds. The lowest BCUT2D eigenvalue weighted by molar-refractivity contribution is 0.0866. The van der Waals surface area contributed by atoms with Crippen molar-refractivity contribution in [1.82, 2.24) is 5.32 Å². The maximum atomic E-state index is 12.3. The molecule has 1 aromatic carbocycles. The predicted molar refractivity (Wildman–Crippen MR) is 79.1 cm³/mol. The van der Waals surface area contributed by atoms with Crippen LogP contribution in [-0.2, 0) is 14.8 Å². The zero-order valence-electron chi connectivity index (χ0n) is 11.1. The zero-order chi connectivity index (χ0) is 15.8. The summed E-state index contributed by atoms with van der Waals surface area (Å²) in [6.45, 7) is 2.38. The number of hydrogen-bond donors (Lipinski definition) is 2. The molecule has 1 saturated heterocycles. The van der Waals surface area contributed by atoms with E-state index in [1.807, 2.05) is 6.92 Å². The van der Waals surface area contributed by atoms with Crippen LogP contribution in [0, 0.1) is 0 Å². The number of sulfonamides is 1. The van der Waals surface area contributed by atoms with Crippen molar-refractivity contribution in [3.8, 4) is 0 Å².